The van der Waals surface area contributed by atoms with Gasteiger partial charge in [-0.3, -0.25) is 4.79 Å². The van der Waals surface area contributed by atoms with E-state index in [0.717, 1.165) is 43.1 Å². The zero-order valence-corrected chi connectivity index (χ0v) is 15.1. The Hall–Kier alpha value is -2.24. The molecule has 5 nitrogen and oxygen atoms in total. The van der Waals surface area contributed by atoms with Crippen molar-refractivity contribution in [1.29, 1.82) is 0 Å². The van der Waals surface area contributed by atoms with Crippen molar-refractivity contribution in [3.8, 4) is 0 Å². The van der Waals surface area contributed by atoms with Gasteiger partial charge in [0, 0.05) is 36.9 Å². The van der Waals surface area contributed by atoms with Crippen LogP contribution in [0.2, 0.25) is 5.02 Å². The number of anilines is 3. The van der Waals surface area contributed by atoms with Gasteiger partial charge in [-0.15, -0.1) is 0 Å². The van der Waals surface area contributed by atoms with Crippen LogP contribution in [0.25, 0.3) is 0 Å². The number of likely N-dealkylation sites (N-methyl/N-ethyl adjacent to an activating group) is 1. The van der Waals surface area contributed by atoms with E-state index >= 15 is 0 Å². The first-order valence-electron chi connectivity index (χ1n) is 8.38. The van der Waals surface area contributed by atoms with E-state index < -0.39 is 0 Å². The van der Waals surface area contributed by atoms with Crippen LogP contribution in [0, 0.1) is 0 Å². The number of benzene rings is 2. The Kier molecular flexibility index (Phi) is 5.46. The third-order valence-electron chi connectivity index (χ3n) is 4.42. The van der Waals surface area contributed by atoms with E-state index in [9.17, 15) is 4.79 Å². The second kappa shape index (κ2) is 7.76. The molecule has 2 aromatic rings. The summed E-state index contributed by atoms with van der Waals surface area (Å²) in [6, 6.07) is 13.0. The fourth-order valence-electron chi connectivity index (χ4n) is 2.96. The Morgan fingerprint density at radius 2 is 1.80 bits per heavy atom. The topological polar surface area (TPSA) is 61.6 Å². The molecular weight excluding hydrogens is 336 g/mol. The van der Waals surface area contributed by atoms with Gasteiger partial charge in [-0.1, -0.05) is 23.7 Å². The summed E-state index contributed by atoms with van der Waals surface area (Å²) in [5.41, 5.74) is 9.28. The van der Waals surface area contributed by atoms with Crippen LogP contribution < -0.4 is 16.0 Å². The molecule has 0 radical (unpaired) electrons. The van der Waals surface area contributed by atoms with Crippen LogP contribution in [0.3, 0.4) is 0 Å². The molecule has 25 heavy (non-hydrogen) atoms. The van der Waals surface area contributed by atoms with Crippen LogP contribution in [0.5, 0.6) is 0 Å². The fourth-order valence-corrected chi connectivity index (χ4v) is 3.08. The van der Waals surface area contributed by atoms with E-state index in [1.54, 1.807) is 12.1 Å². The van der Waals surface area contributed by atoms with Gasteiger partial charge in [0.2, 0.25) is 5.91 Å². The lowest BCUT2D eigenvalue weighted by Gasteiger charge is -2.35. The van der Waals surface area contributed by atoms with Crippen molar-refractivity contribution in [2.75, 3.05) is 49.2 Å². The molecule has 1 fully saturated rings. The minimum absolute atomic E-state index is 0.0664. The minimum atomic E-state index is -0.0664. The molecule has 3 rings (SSSR count). The highest BCUT2D eigenvalue weighted by atomic mass is 35.5. The van der Waals surface area contributed by atoms with Gasteiger partial charge in [-0.2, -0.15) is 0 Å². The Balaban J connectivity index is 1.73. The SMILES string of the molecule is CN1CCN(c2ccc(N)cc2NC(=O)Cc2ccc(Cl)cc2)CC1. The predicted molar refractivity (Wildman–Crippen MR) is 104 cm³/mol. The molecule has 0 spiro atoms. The average molecular weight is 359 g/mol. The summed E-state index contributed by atoms with van der Waals surface area (Å²) in [6.07, 6.45) is 0.300. The van der Waals surface area contributed by atoms with Crippen LogP contribution in [0.4, 0.5) is 17.1 Å². The highest BCUT2D eigenvalue weighted by Crippen LogP contribution is 2.29. The largest absolute Gasteiger partial charge is 0.399 e. The van der Waals surface area contributed by atoms with Crippen LogP contribution >= 0.6 is 11.6 Å². The van der Waals surface area contributed by atoms with Crippen molar-refractivity contribution in [3.05, 3.63) is 53.1 Å². The zero-order valence-electron chi connectivity index (χ0n) is 14.3. The van der Waals surface area contributed by atoms with Crippen LogP contribution in [0.15, 0.2) is 42.5 Å². The number of rotatable bonds is 4. The van der Waals surface area contributed by atoms with E-state index in [-0.39, 0.29) is 5.91 Å². The van der Waals surface area contributed by atoms with Gasteiger partial charge in [0.15, 0.2) is 0 Å². The second-order valence-electron chi connectivity index (χ2n) is 6.42. The molecule has 1 aliphatic heterocycles. The van der Waals surface area contributed by atoms with Crippen molar-refractivity contribution in [1.82, 2.24) is 4.90 Å². The summed E-state index contributed by atoms with van der Waals surface area (Å²) in [4.78, 5) is 17.0. The van der Waals surface area contributed by atoms with E-state index in [1.165, 1.54) is 0 Å². The van der Waals surface area contributed by atoms with Gasteiger partial charge in [-0.05, 0) is 42.9 Å². The number of nitrogens with two attached hydrogens (primary N) is 1. The Morgan fingerprint density at radius 3 is 2.48 bits per heavy atom. The Morgan fingerprint density at radius 1 is 1.12 bits per heavy atom. The van der Waals surface area contributed by atoms with Crippen molar-refractivity contribution in [2.24, 2.45) is 0 Å². The first-order chi connectivity index (χ1) is 12.0. The predicted octanol–water partition coefficient (Wildman–Crippen LogP) is 2.86. The summed E-state index contributed by atoms with van der Waals surface area (Å²) in [5.74, 6) is -0.0664. The van der Waals surface area contributed by atoms with Crippen molar-refractivity contribution < 1.29 is 4.79 Å². The number of nitrogens with one attached hydrogen (secondary N) is 1. The van der Waals surface area contributed by atoms with Gasteiger partial charge in [-0.25, -0.2) is 0 Å². The quantitative estimate of drug-likeness (QED) is 0.825. The molecule has 1 amide bonds. The second-order valence-corrected chi connectivity index (χ2v) is 6.85. The number of amides is 1. The summed E-state index contributed by atoms with van der Waals surface area (Å²) in [7, 11) is 2.12. The van der Waals surface area contributed by atoms with Crippen LogP contribution in [-0.4, -0.2) is 44.0 Å². The fraction of sp³-hybridized carbons (Fsp3) is 0.316. The number of carbonyl (C=O) groups is 1. The lowest BCUT2D eigenvalue weighted by Crippen LogP contribution is -2.44. The average Bonchev–Trinajstić information content (AvgIpc) is 2.58. The molecule has 1 heterocycles. The molecule has 0 unspecified atom stereocenters. The number of nitrogens with zero attached hydrogens (tertiary/aromatic N) is 2. The van der Waals surface area contributed by atoms with Crippen molar-refractivity contribution >= 4 is 34.6 Å². The summed E-state index contributed by atoms with van der Waals surface area (Å²) >= 11 is 5.89. The summed E-state index contributed by atoms with van der Waals surface area (Å²) in [6.45, 7) is 3.87. The first kappa shape index (κ1) is 17.6. The number of hydrogen-bond acceptors (Lipinski definition) is 4. The maximum absolute atomic E-state index is 12.5. The standard InChI is InChI=1S/C19H23ClN4O/c1-23-8-10-24(11-9-23)18-7-6-16(21)13-17(18)22-19(25)12-14-2-4-15(20)5-3-14/h2-7,13H,8-12,21H2,1H3,(H,22,25). The lowest BCUT2D eigenvalue weighted by molar-refractivity contribution is -0.115. The van der Waals surface area contributed by atoms with Gasteiger partial charge in [0.1, 0.15) is 0 Å². The number of halogens is 1. The van der Waals surface area contributed by atoms with Crippen LogP contribution in [0.1, 0.15) is 5.56 Å². The molecule has 1 saturated heterocycles. The van der Waals surface area contributed by atoms with Gasteiger partial charge in [0.25, 0.3) is 0 Å². The third kappa shape index (κ3) is 4.65. The highest BCUT2D eigenvalue weighted by molar-refractivity contribution is 6.30. The Labute approximate surface area is 153 Å². The Bertz CT molecular complexity index is 740. The third-order valence-corrected chi connectivity index (χ3v) is 4.67. The van der Waals surface area contributed by atoms with Gasteiger partial charge < -0.3 is 20.9 Å². The molecule has 0 bridgehead atoms. The zero-order chi connectivity index (χ0) is 17.8. The molecule has 6 heteroatoms. The summed E-state index contributed by atoms with van der Waals surface area (Å²) < 4.78 is 0. The molecular formula is C19H23ClN4O. The molecule has 2 aromatic carbocycles. The van der Waals surface area contributed by atoms with E-state index in [0.29, 0.717) is 17.1 Å². The number of nitrogen functional groups attached to an aromatic ring is 1. The molecule has 3 N–H and O–H groups in total. The number of hydrogen-bond donors (Lipinski definition) is 2. The number of carbonyl (C=O) groups excluding carboxylic acids is 1. The maximum atomic E-state index is 12.5. The monoisotopic (exact) mass is 358 g/mol. The van der Waals surface area contributed by atoms with Gasteiger partial charge in [0.05, 0.1) is 17.8 Å². The molecule has 0 aromatic heterocycles. The van der Waals surface area contributed by atoms with E-state index in [2.05, 4.69) is 22.2 Å². The van der Waals surface area contributed by atoms with E-state index in [4.69, 9.17) is 17.3 Å². The van der Waals surface area contributed by atoms with Crippen molar-refractivity contribution in [3.63, 3.8) is 0 Å². The van der Waals surface area contributed by atoms with Crippen molar-refractivity contribution in [2.45, 2.75) is 6.42 Å². The minimum Gasteiger partial charge on any atom is -0.399 e. The maximum Gasteiger partial charge on any atom is 0.228 e. The highest BCUT2D eigenvalue weighted by Gasteiger charge is 2.18. The van der Waals surface area contributed by atoms with E-state index in [1.807, 2.05) is 30.3 Å². The normalized spacial score (nSPS) is 15.2. The summed E-state index contributed by atoms with van der Waals surface area (Å²) in [5, 5.41) is 3.68. The molecule has 0 saturated carbocycles. The first-order valence-corrected chi connectivity index (χ1v) is 8.76. The molecule has 132 valence electrons. The molecule has 1 aliphatic rings. The lowest BCUT2D eigenvalue weighted by atomic mass is 10.1. The molecule has 0 aliphatic carbocycles. The van der Waals surface area contributed by atoms with Crippen LogP contribution in [-0.2, 0) is 11.2 Å². The smallest absolute Gasteiger partial charge is 0.228 e. The van der Waals surface area contributed by atoms with Gasteiger partial charge >= 0.3 is 0 Å². The number of piperazine rings is 1. The molecule has 0 atom stereocenters.